The van der Waals surface area contributed by atoms with Gasteiger partial charge in [-0.3, -0.25) is 24.7 Å². The molecule has 6 aliphatic rings. The van der Waals surface area contributed by atoms with E-state index < -0.39 is 36.5 Å². The molecule has 238 valence electrons. The van der Waals surface area contributed by atoms with Crippen LogP contribution >= 0.6 is 0 Å². The summed E-state index contributed by atoms with van der Waals surface area (Å²) in [6.45, 7) is 8.00. The Hall–Kier alpha value is -1.48. The molecule has 6 unspecified atom stereocenters. The number of likely N-dealkylation sites (tertiary alicyclic amines) is 3. The molecule has 0 aliphatic carbocycles. The van der Waals surface area contributed by atoms with E-state index in [2.05, 4.69) is 25.8 Å². The van der Waals surface area contributed by atoms with Crippen molar-refractivity contribution in [1.29, 1.82) is 0 Å². The molecule has 42 heavy (non-hydrogen) atoms. The molecular formula is C29H52F2N9O2+. The monoisotopic (exact) mass is 596 g/mol. The zero-order valence-corrected chi connectivity index (χ0v) is 24.9. The summed E-state index contributed by atoms with van der Waals surface area (Å²) in [6.07, 6.45) is 2.27. The van der Waals surface area contributed by atoms with Crippen molar-refractivity contribution < 1.29 is 22.9 Å². The third-order valence-corrected chi connectivity index (χ3v) is 11.2. The van der Waals surface area contributed by atoms with Gasteiger partial charge in [0.15, 0.2) is 12.3 Å². The molecule has 11 nitrogen and oxygen atoms in total. The molecule has 0 radical (unpaired) electrons. The van der Waals surface area contributed by atoms with Gasteiger partial charge in [0.05, 0.1) is 31.3 Å². The molecule has 6 saturated heterocycles. The van der Waals surface area contributed by atoms with Crippen LogP contribution in [-0.4, -0.2) is 152 Å². The summed E-state index contributed by atoms with van der Waals surface area (Å²) in [5.74, 6) is -0.847. The highest BCUT2D eigenvalue weighted by atomic mass is 19.1. The standard InChI is InChI=1S/C29H51F2N9O2/c30-20-13-35-27(40(18-20)11-2-1-3-12-40)24(26(32)33)28(41)36-23-15-34-14-22(31)25(23)38-9-5-19(6-10-38)29(42)39-16-21(17-39)37-7-4-8-37/h19-27,34-35H,1-18,32-33H2/p+1. The number of piperidine rings is 3. The molecule has 2 amide bonds. The van der Waals surface area contributed by atoms with Crippen LogP contribution in [0.4, 0.5) is 8.78 Å². The summed E-state index contributed by atoms with van der Waals surface area (Å²) in [5, 5.41) is 9.57. The molecule has 0 bridgehead atoms. The molecule has 0 aromatic carbocycles. The van der Waals surface area contributed by atoms with E-state index in [0.29, 0.717) is 49.5 Å². The van der Waals surface area contributed by atoms with Gasteiger partial charge < -0.3 is 31.5 Å². The second-order valence-corrected chi connectivity index (χ2v) is 13.8. The van der Waals surface area contributed by atoms with Crippen LogP contribution in [0.2, 0.25) is 0 Å². The predicted octanol–water partition coefficient (Wildman–Crippen LogP) is -1.46. The first-order valence-corrected chi connectivity index (χ1v) is 16.4. The number of halogens is 2. The summed E-state index contributed by atoms with van der Waals surface area (Å²) >= 11 is 0. The normalized spacial score (nSPS) is 35.9. The minimum Gasteiger partial charge on any atom is -0.350 e. The van der Waals surface area contributed by atoms with Gasteiger partial charge in [0, 0.05) is 44.7 Å². The van der Waals surface area contributed by atoms with Crippen LogP contribution in [0.5, 0.6) is 0 Å². The summed E-state index contributed by atoms with van der Waals surface area (Å²) in [4.78, 5) is 33.6. The Labute approximate surface area is 248 Å². The molecule has 6 aliphatic heterocycles. The van der Waals surface area contributed by atoms with Gasteiger partial charge >= 0.3 is 0 Å². The first-order valence-electron chi connectivity index (χ1n) is 16.4. The van der Waals surface area contributed by atoms with Crippen LogP contribution in [0, 0.1) is 11.8 Å². The van der Waals surface area contributed by atoms with Gasteiger partial charge in [0.2, 0.25) is 11.8 Å². The summed E-state index contributed by atoms with van der Waals surface area (Å²) in [5.41, 5.74) is 12.5. The number of quaternary nitrogens is 1. The van der Waals surface area contributed by atoms with Gasteiger partial charge in [-0.05, 0) is 64.7 Å². The lowest BCUT2D eigenvalue weighted by atomic mass is 9.88. The Kier molecular flexibility index (Phi) is 9.35. The molecule has 13 heteroatoms. The summed E-state index contributed by atoms with van der Waals surface area (Å²) in [7, 11) is 0. The lowest BCUT2D eigenvalue weighted by Gasteiger charge is -2.53. The van der Waals surface area contributed by atoms with E-state index >= 15 is 4.39 Å². The highest BCUT2D eigenvalue weighted by Gasteiger charge is 2.52. The second kappa shape index (κ2) is 12.9. The van der Waals surface area contributed by atoms with Gasteiger partial charge in [-0.25, -0.2) is 8.78 Å². The van der Waals surface area contributed by atoms with Crippen LogP contribution in [-0.2, 0) is 9.59 Å². The minimum atomic E-state index is -1.16. The SMILES string of the molecule is NC(N)C(C(=O)NC1CNCC(F)C1N1CCC(C(=O)N2CC(N3CCC3)C2)CC1)C1NCC(F)C[N+]12CCCCC2. The van der Waals surface area contributed by atoms with E-state index in [0.717, 1.165) is 58.5 Å². The van der Waals surface area contributed by atoms with E-state index in [1.54, 1.807) is 0 Å². The van der Waals surface area contributed by atoms with Crippen LogP contribution in [0.25, 0.3) is 0 Å². The van der Waals surface area contributed by atoms with Gasteiger partial charge in [-0.1, -0.05) is 0 Å². The fourth-order valence-electron chi connectivity index (χ4n) is 8.66. The highest BCUT2D eigenvalue weighted by molar-refractivity contribution is 5.80. The van der Waals surface area contributed by atoms with Gasteiger partial charge in [-0.15, -0.1) is 0 Å². The number of hydrogen-bond donors (Lipinski definition) is 5. The van der Waals surface area contributed by atoms with Crippen molar-refractivity contribution in [2.24, 2.45) is 23.3 Å². The lowest BCUT2D eigenvalue weighted by molar-refractivity contribution is -0.967. The van der Waals surface area contributed by atoms with Crippen molar-refractivity contribution in [1.82, 2.24) is 30.7 Å². The van der Waals surface area contributed by atoms with Crippen molar-refractivity contribution in [2.75, 3.05) is 78.5 Å². The number of carbonyl (C=O) groups is 2. The van der Waals surface area contributed by atoms with E-state index in [1.165, 1.54) is 6.42 Å². The van der Waals surface area contributed by atoms with Gasteiger partial charge in [0.25, 0.3) is 0 Å². The first kappa shape index (κ1) is 30.5. The Morgan fingerprint density at radius 3 is 2.26 bits per heavy atom. The molecule has 0 aromatic heterocycles. The van der Waals surface area contributed by atoms with E-state index in [1.807, 2.05) is 4.90 Å². The molecule has 6 rings (SSSR count). The number of nitrogens with zero attached hydrogens (tertiary/aromatic N) is 4. The van der Waals surface area contributed by atoms with Gasteiger partial charge in [-0.2, -0.15) is 0 Å². The minimum absolute atomic E-state index is 0.0211. The Morgan fingerprint density at radius 2 is 1.62 bits per heavy atom. The average Bonchev–Trinajstić information content (AvgIpc) is 2.91. The second-order valence-electron chi connectivity index (χ2n) is 13.8. The van der Waals surface area contributed by atoms with Crippen LogP contribution in [0.3, 0.4) is 0 Å². The first-order chi connectivity index (χ1) is 20.3. The number of nitrogens with one attached hydrogen (secondary N) is 3. The quantitative estimate of drug-likeness (QED) is 0.178. The van der Waals surface area contributed by atoms with Crippen LogP contribution < -0.4 is 27.4 Å². The molecule has 0 aromatic rings. The Bertz CT molecular complexity index is 951. The Balaban J connectivity index is 1.08. The molecule has 7 N–H and O–H groups in total. The third-order valence-electron chi connectivity index (χ3n) is 11.2. The largest absolute Gasteiger partial charge is 0.350 e. The number of hydrogen-bond acceptors (Lipinski definition) is 8. The van der Waals surface area contributed by atoms with Crippen LogP contribution in [0.1, 0.15) is 38.5 Å². The molecular weight excluding hydrogens is 544 g/mol. The maximum Gasteiger partial charge on any atom is 0.233 e. The van der Waals surface area contributed by atoms with Crippen molar-refractivity contribution in [2.45, 2.75) is 81.3 Å². The molecule has 6 atom stereocenters. The molecule has 6 heterocycles. The lowest BCUT2D eigenvalue weighted by Crippen LogP contribution is -2.76. The van der Waals surface area contributed by atoms with E-state index in [4.69, 9.17) is 11.5 Å². The zero-order chi connectivity index (χ0) is 29.4. The maximum absolute atomic E-state index is 15.5. The van der Waals surface area contributed by atoms with Gasteiger partial charge in [0.1, 0.15) is 18.6 Å². The summed E-state index contributed by atoms with van der Waals surface area (Å²) in [6, 6.07) is -0.434. The van der Waals surface area contributed by atoms with Crippen LogP contribution in [0.15, 0.2) is 0 Å². The molecule has 6 fully saturated rings. The molecule has 1 spiro atoms. The Morgan fingerprint density at radius 1 is 0.905 bits per heavy atom. The number of alkyl halides is 2. The maximum atomic E-state index is 15.5. The highest BCUT2D eigenvalue weighted by Crippen LogP contribution is 2.32. The van der Waals surface area contributed by atoms with Crippen molar-refractivity contribution >= 4 is 11.8 Å². The van der Waals surface area contributed by atoms with Crippen molar-refractivity contribution in [3.63, 3.8) is 0 Å². The van der Waals surface area contributed by atoms with E-state index in [-0.39, 0.29) is 37.0 Å². The number of amides is 2. The number of rotatable bonds is 7. The number of carbonyl (C=O) groups excluding carboxylic acids is 2. The summed E-state index contributed by atoms with van der Waals surface area (Å²) < 4.78 is 30.6. The fraction of sp³-hybridized carbons (Fsp3) is 0.931. The smallest absolute Gasteiger partial charge is 0.233 e. The fourth-order valence-corrected chi connectivity index (χ4v) is 8.66. The predicted molar refractivity (Wildman–Crippen MR) is 155 cm³/mol. The number of nitrogens with two attached hydrogens (primary N) is 2. The third kappa shape index (κ3) is 6.07. The van der Waals surface area contributed by atoms with Crippen molar-refractivity contribution in [3.8, 4) is 0 Å². The topological polar surface area (TPSA) is 132 Å². The zero-order valence-electron chi connectivity index (χ0n) is 24.9. The average molecular weight is 597 g/mol. The van der Waals surface area contributed by atoms with Crippen molar-refractivity contribution in [3.05, 3.63) is 0 Å². The molecule has 0 saturated carbocycles. The van der Waals surface area contributed by atoms with E-state index in [9.17, 15) is 14.0 Å².